The van der Waals surface area contributed by atoms with Crippen molar-refractivity contribution in [1.82, 2.24) is 19.3 Å². The molecule has 0 aliphatic heterocycles. The number of hydrogen-bond acceptors (Lipinski definition) is 6. The Morgan fingerprint density at radius 2 is 1.97 bits per heavy atom. The van der Waals surface area contributed by atoms with Crippen molar-refractivity contribution in [1.29, 1.82) is 0 Å². The summed E-state index contributed by atoms with van der Waals surface area (Å²) in [6, 6.07) is 2.48. The highest BCUT2D eigenvalue weighted by Crippen LogP contribution is 2.32. The van der Waals surface area contributed by atoms with Crippen molar-refractivity contribution in [2.45, 2.75) is 45.0 Å². The lowest BCUT2D eigenvalue weighted by atomic mass is 10.0. The van der Waals surface area contributed by atoms with E-state index in [9.17, 15) is 26.4 Å². The molecule has 0 aliphatic carbocycles. The number of hydrogen-bond donors (Lipinski definition) is 1. The number of nitrogens with two attached hydrogens (primary N) is 1. The van der Waals surface area contributed by atoms with E-state index in [1.165, 1.54) is 10.7 Å². The summed E-state index contributed by atoms with van der Waals surface area (Å²) in [5, 5.41) is 3.53. The first-order valence-corrected chi connectivity index (χ1v) is 11.5. The predicted octanol–water partition coefficient (Wildman–Crippen LogP) is 3.47. The quantitative estimate of drug-likeness (QED) is 0.509. The molecule has 0 spiro atoms. The third-order valence-electron chi connectivity index (χ3n) is 5.17. The number of carbonyl (C=O) groups excluding carboxylic acids is 1. The van der Waals surface area contributed by atoms with Crippen LogP contribution in [0.3, 0.4) is 0 Å². The zero-order valence-electron chi connectivity index (χ0n) is 18.4. The first-order valence-electron chi connectivity index (χ1n) is 10.0. The second-order valence-corrected chi connectivity index (χ2v) is 10.0. The maximum absolute atomic E-state index is 13.1. The van der Waals surface area contributed by atoms with Crippen LogP contribution in [-0.2, 0) is 33.9 Å². The van der Waals surface area contributed by atoms with Gasteiger partial charge in [0.15, 0.2) is 0 Å². The zero-order valence-corrected chi connectivity index (χ0v) is 19.2. The number of nitrogens with zero attached hydrogens (tertiary/aromatic N) is 4. The van der Waals surface area contributed by atoms with Gasteiger partial charge in [0.2, 0.25) is 0 Å². The molecular weight excluding hydrogens is 463 g/mol. The molecule has 0 aliphatic rings. The number of aryl methyl sites for hydroxylation is 2. The minimum absolute atomic E-state index is 0.0449. The minimum atomic E-state index is -4.53. The standard InChI is InChI=1S/C20H24F3N5O4S/c1-11(2)7-15(33(30,31)32-19(24)29)9-16-12(3)26-27(4)18(16)28-6-5-13-8-14(20(21,22)23)10-25-17(13)28/h5-6,8,10-11,15H,7,9H2,1-4H3,(H2,24,29). The van der Waals surface area contributed by atoms with Gasteiger partial charge in [0.1, 0.15) is 16.7 Å². The number of rotatable bonds is 7. The minimum Gasteiger partial charge on any atom is -0.334 e. The molecule has 0 saturated heterocycles. The molecule has 0 fully saturated rings. The molecule has 3 aromatic rings. The first kappa shape index (κ1) is 24.6. The van der Waals surface area contributed by atoms with Gasteiger partial charge in [0, 0.05) is 30.4 Å². The number of pyridine rings is 1. The fourth-order valence-corrected chi connectivity index (χ4v) is 5.18. The third-order valence-corrected chi connectivity index (χ3v) is 6.74. The van der Waals surface area contributed by atoms with Gasteiger partial charge in [0.05, 0.1) is 11.3 Å². The van der Waals surface area contributed by atoms with Gasteiger partial charge in [0.25, 0.3) is 0 Å². The van der Waals surface area contributed by atoms with Crippen molar-refractivity contribution < 1.29 is 30.6 Å². The molecule has 0 radical (unpaired) electrons. The van der Waals surface area contributed by atoms with Crippen LogP contribution in [0.15, 0.2) is 24.5 Å². The van der Waals surface area contributed by atoms with Gasteiger partial charge in [-0.25, -0.2) is 9.78 Å². The van der Waals surface area contributed by atoms with Crippen molar-refractivity contribution in [2.24, 2.45) is 18.7 Å². The van der Waals surface area contributed by atoms with Crippen molar-refractivity contribution in [3.05, 3.63) is 41.3 Å². The van der Waals surface area contributed by atoms with Gasteiger partial charge in [-0.2, -0.15) is 26.7 Å². The molecule has 3 rings (SSSR count). The Labute approximate surface area is 188 Å². The fraction of sp³-hybridized carbons (Fsp3) is 0.450. The topological polar surface area (TPSA) is 122 Å². The monoisotopic (exact) mass is 487 g/mol. The van der Waals surface area contributed by atoms with Gasteiger partial charge in [-0.1, -0.05) is 13.8 Å². The molecule has 3 aromatic heterocycles. The largest absolute Gasteiger partial charge is 0.420 e. The van der Waals surface area contributed by atoms with Crippen LogP contribution >= 0.6 is 0 Å². The molecule has 0 aromatic carbocycles. The Morgan fingerprint density at radius 1 is 1.30 bits per heavy atom. The zero-order chi connectivity index (χ0) is 24.7. The first-order chi connectivity index (χ1) is 15.2. The molecule has 0 saturated carbocycles. The SMILES string of the molecule is Cc1nn(C)c(-n2ccc3cc(C(F)(F)F)cnc32)c1CC(CC(C)C)S(=O)(=O)OC(N)=O. The van der Waals surface area contributed by atoms with E-state index in [0.717, 1.165) is 12.3 Å². The van der Waals surface area contributed by atoms with Crippen LogP contribution < -0.4 is 5.73 Å². The molecule has 33 heavy (non-hydrogen) atoms. The summed E-state index contributed by atoms with van der Waals surface area (Å²) in [7, 11) is -2.70. The maximum Gasteiger partial charge on any atom is 0.420 e. The lowest BCUT2D eigenvalue weighted by Gasteiger charge is -2.19. The molecule has 2 N–H and O–H groups in total. The molecule has 1 unspecified atom stereocenters. The number of amides is 1. The number of carbonyl (C=O) groups is 1. The van der Waals surface area contributed by atoms with Crippen LogP contribution in [-0.4, -0.2) is 39.1 Å². The second-order valence-electron chi connectivity index (χ2n) is 8.18. The van der Waals surface area contributed by atoms with E-state index in [2.05, 4.69) is 14.3 Å². The highest BCUT2D eigenvalue weighted by molar-refractivity contribution is 7.87. The summed E-state index contributed by atoms with van der Waals surface area (Å²) in [4.78, 5) is 15.1. The maximum atomic E-state index is 13.1. The van der Waals surface area contributed by atoms with Gasteiger partial charge in [-0.15, -0.1) is 0 Å². The predicted molar refractivity (Wildman–Crippen MR) is 114 cm³/mol. The highest BCUT2D eigenvalue weighted by Gasteiger charge is 2.34. The fourth-order valence-electron chi connectivity index (χ4n) is 3.82. The Kier molecular flexibility index (Phi) is 6.46. The van der Waals surface area contributed by atoms with E-state index in [1.54, 1.807) is 24.7 Å². The molecule has 0 bridgehead atoms. The van der Waals surface area contributed by atoms with Crippen molar-refractivity contribution in [3.63, 3.8) is 0 Å². The number of primary amides is 1. The molecular formula is C20H24F3N5O4S. The Balaban J connectivity index is 2.11. The van der Waals surface area contributed by atoms with Crippen LogP contribution in [0.5, 0.6) is 0 Å². The van der Waals surface area contributed by atoms with Gasteiger partial charge < -0.3 is 9.92 Å². The summed E-state index contributed by atoms with van der Waals surface area (Å²) in [5.41, 5.74) is 5.36. The summed E-state index contributed by atoms with van der Waals surface area (Å²) in [6.45, 7) is 5.34. The van der Waals surface area contributed by atoms with Gasteiger partial charge >= 0.3 is 22.4 Å². The average molecular weight is 488 g/mol. The van der Waals surface area contributed by atoms with Crippen molar-refractivity contribution in [3.8, 4) is 5.82 Å². The average Bonchev–Trinajstić information content (AvgIpc) is 3.18. The molecule has 1 atom stereocenters. The second kappa shape index (κ2) is 8.69. The summed E-state index contributed by atoms with van der Waals surface area (Å²) < 4.78 is 72.0. The normalized spacial score (nSPS) is 13.6. The lowest BCUT2D eigenvalue weighted by Crippen LogP contribution is -2.31. The van der Waals surface area contributed by atoms with Gasteiger partial charge in [-0.05, 0) is 37.8 Å². The van der Waals surface area contributed by atoms with Crippen LogP contribution in [0.1, 0.15) is 37.1 Å². The van der Waals surface area contributed by atoms with Crippen LogP contribution in [0.4, 0.5) is 18.0 Å². The summed E-state index contributed by atoms with van der Waals surface area (Å²) >= 11 is 0. The van der Waals surface area contributed by atoms with Crippen molar-refractivity contribution in [2.75, 3.05) is 0 Å². The Bertz CT molecular complexity index is 1290. The van der Waals surface area contributed by atoms with E-state index in [-0.39, 0.29) is 29.8 Å². The molecule has 9 nitrogen and oxygen atoms in total. The van der Waals surface area contributed by atoms with Crippen LogP contribution in [0.2, 0.25) is 0 Å². The van der Waals surface area contributed by atoms with E-state index in [1.807, 2.05) is 13.8 Å². The Morgan fingerprint density at radius 3 is 2.55 bits per heavy atom. The smallest absolute Gasteiger partial charge is 0.334 e. The Hall–Kier alpha value is -3.09. The number of alkyl halides is 3. The number of aromatic nitrogens is 4. The van der Waals surface area contributed by atoms with Gasteiger partial charge in [-0.3, -0.25) is 9.25 Å². The lowest BCUT2D eigenvalue weighted by molar-refractivity contribution is -0.137. The highest BCUT2D eigenvalue weighted by atomic mass is 32.2. The number of fused-ring (bicyclic) bond motifs is 1. The summed E-state index contributed by atoms with van der Waals surface area (Å²) in [6.07, 6.45) is -3.53. The van der Waals surface area contributed by atoms with E-state index in [0.29, 0.717) is 17.1 Å². The van der Waals surface area contributed by atoms with Crippen LogP contribution in [0, 0.1) is 12.8 Å². The molecule has 180 valence electrons. The van der Waals surface area contributed by atoms with Crippen LogP contribution in [0.25, 0.3) is 16.9 Å². The summed E-state index contributed by atoms with van der Waals surface area (Å²) in [5.74, 6) is 0.398. The van der Waals surface area contributed by atoms with E-state index >= 15 is 0 Å². The number of halogens is 3. The van der Waals surface area contributed by atoms with E-state index < -0.39 is 33.2 Å². The third kappa shape index (κ3) is 5.13. The van der Waals surface area contributed by atoms with Crippen molar-refractivity contribution >= 4 is 27.2 Å². The molecule has 3 heterocycles. The molecule has 1 amide bonds. The molecule has 13 heteroatoms. The van der Waals surface area contributed by atoms with E-state index in [4.69, 9.17) is 5.73 Å².